The summed E-state index contributed by atoms with van der Waals surface area (Å²) >= 11 is 0. The maximum absolute atomic E-state index is 13.1. The quantitative estimate of drug-likeness (QED) is 0.743. The number of carbonyl (C=O) groups is 1. The molecule has 0 bridgehead atoms. The average Bonchev–Trinajstić information content (AvgIpc) is 3.19. The van der Waals surface area contributed by atoms with Crippen molar-refractivity contribution >= 4 is 5.91 Å². The monoisotopic (exact) mass is 397 g/mol. The van der Waals surface area contributed by atoms with Crippen LogP contribution in [0.2, 0.25) is 0 Å². The molecule has 0 spiro atoms. The predicted molar refractivity (Wildman–Crippen MR) is 113 cm³/mol. The molecule has 156 valence electrons. The van der Waals surface area contributed by atoms with Gasteiger partial charge in [-0.15, -0.1) is 0 Å². The first-order valence-electron chi connectivity index (χ1n) is 10.4. The second-order valence-electron chi connectivity index (χ2n) is 8.10. The SMILES string of the molecule is COCC(C)NC(=O)c1c(CC2CCCC2)n(Cc2cccnc2)c(C)cc1=O. The molecule has 1 fully saturated rings. The smallest absolute Gasteiger partial charge is 0.257 e. The van der Waals surface area contributed by atoms with E-state index < -0.39 is 0 Å². The van der Waals surface area contributed by atoms with Gasteiger partial charge >= 0.3 is 0 Å². The molecule has 0 saturated heterocycles. The summed E-state index contributed by atoms with van der Waals surface area (Å²) in [5.74, 6) is 0.201. The minimum absolute atomic E-state index is 0.167. The summed E-state index contributed by atoms with van der Waals surface area (Å²) in [5, 5.41) is 2.92. The molecule has 1 amide bonds. The van der Waals surface area contributed by atoms with Crippen molar-refractivity contribution in [1.82, 2.24) is 14.9 Å². The minimum Gasteiger partial charge on any atom is -0.383 e. The molecule has 0 aromatic carbocycles. The van der Waals surface area contributed by atoms with Gasteiger partial charge in [-0.25, -0.2) is 0 Å². The molecule has 2 aromatic rings. The van der Waals surface area contributed by atoms with Crippen LogP contribution in [0, 0.1) is 12.8 Å². The number of rotatable bonds is 8. The molecule has 1 atom stereocenters. The Bertz CT molecular complexity index is 886. The van der Waals surface area contributed by atoms with Crippen LogP contribution in [0.4, 0.5) is 0 Å². The Balaban J connectivity index is 2.03. The molecule has 1 aliphatic rings. The zero-order valence-electron chi connectivity index (χ0n) is 17.6. The maximum atomic E-state index is 13.1. The summed E-state index contributed by atoms with van der Waals surface area (Å²) < 4.78 is 7.24. The Kier molecular flexibility index (Phi) is 7.20. The minimum atomic E-state index is -0.313. The van der Waals surface area contributed by atoms with E-state index in [0.717, 1.165) is 36.2 Å². The highest BCUT2D eigenvalue weighted by Crippen LogP contribution is 2.29. The molecule has 6 heteroatoms. The molecule has 0 radical (unpaired) electrons. The van der Waals surface area contributed by atoms with Crippen molar-refractivity contribution in [3.05, 3.63) is 63.3 Å². The first-order chi connectivity index (χ1) is 14.0. The van der Waals surface area contributed by atoms with E-state index in [-0.39, 0.29) is 22.9 Å². The van der Waals surface area contributed by atoms with Crippen LogP contribution < -0.4 is 10.7 Å². The predicted octanol–water partition coefficient (Wildman–Crippen LogP) is 3.10. The Hall–Kier alpha value is -2.47. The average molecular weight is 398 g/mol. The molecular formula is C23H31N3O3. The number of ether oxygens (including phenoxy) is 1. The molecule has 1 N–H and O–H groups in total. The standard InChI is InChI=1S/C23H31N3O3/c1-16(15-29-3)25-23(28)22-20(12-18-7-4-5-8-18)26(17(2)11-21(22)27)14-19-9-6-10-24-13-19/h6,9-11,13,16,18H,4-5,7-8,12,14-15H2,1-3H3,(H,25,28). The fraction of sp³-hybridized carbons (Fsp3) is 0.522. The Morgan fingerprint density at radius 1 is 1.38 bits per heavy atom. The molecule has 29 heavy (non-hydrogen) atoms. The molecule has 1 unspecified atom stereocenters. The van der Waals surface area contributed by atoms with Gasteiger partial charge in [0.05, 0.1) is 6.61 Å². The number of hydrogen-bond donors (Lipinski definition) is 1. The van der Waals surface area contributed by atoms with E-state index in [1.807, 2.05) is 32.2 Å². The van der Waals surface area contributed by atoms with Crippen molar-refractivity contribution in [3.8, 4) is 0 Å². The fourth-order valence-electron chi connectivity index (χ4n) is 4.25. The van der Waals surface area contributed by atoms with Crippen LogP contribution >= 0.6 is 0 Å². The number of nitrogens with one attached hydrogen (secondary N) is 1. The number of aromatic nitrogens is 2. The number of carbonyl (C=O) groups excluding carboxylic acids is 1. The molecule has 3 rings (SSSR count). The van der Waals surface area contributed by atoms with Crippen molar-refractivity contribution in [2.24, 2.45) is 5.92 Å². The number of amides is 1. The van der Waals surface area contributed by atoms with Gasteiger partial charge in [0.15, 0.2) is 5.43 Å². The van der Waals surface area contributed by atoms with E-state index in [0.29, 0.717) is 19.1 Å². The van der Waals surface area contributed by atoms with E-state index in [1.165, 1.54) is 12.8 Å². The van der Waals surface area contributed by atoms with Gasteiger partial charge < -0.3 is 14.6 Å². The Morgan fingerprint density at radius 3 is 2.79 bits per heavy atom. The normalized spacial score (nSPS) is 15.4. The summed E-state index contributed by atoms with van der Waals surface area (Å²) in [5.41, 5.74) is 2.82. The first-order valence-corrected chi connectivity index (χ1v) is 10.4. The van der Waals surface area contributed by atoms with Crippen molar-refractivity contribution < 1.29 is 9.53 Å². The lowest BCUT2D eigenvalue weighted by molar-refractivity contribution is 0.0902. The van der Waals surface area contributed by atoms with Gasteiger partial charge in [0, 0.05) is 49.5 Å². The highest BCUT2D eigenvalue weighted by atomic mass is 16.5. The van der Waals surface area contributed by atoms with Crippen molar-refractivity contribution in [2.45, 2.75) is 58.5 Å². The molecule has 0 aliphatic heterocycles. The first kappa shape index (κ1) is 21.2. The summed E-state index contributed by atoms with van der Waals surface area (Å²) in [6.07, 6.45) is 9.06. The Labute approximate surface area is 172 Å². The molecule has 2 aromatic heterocycles. The summed E-state index contributed by atoms with van der Waals surface area (Å²) in [6.45, 7) is 4.81. The molecule has 1 saturated carbocycles. The van der Waals surface area contributed by atoms with Gasteiger partial charge in [-0.2, -0.15) is 0 Å². The number of hydrogen-bond acceptors (Lipinski definition) is 4. The second-order valence-corrected chi connectivity index (χ2v) is 8.10. The third kappa shape index (κ3) is 5.32. The second kappa shape index (κ2) is 9.83. The molecular weight excluding hydrogens is 366 g/mol. The van der Waals surface area contributed by atoms with E-state index in [2.05, 4.69) is 14.9 Å². The zero-order chi connectivity index (χ0) is 20.8. The van der Waals surface area contributed by atoms with Gasteiger partial charge in [-0.1, -0.05) is 31.7 Å². The topological polar surface area (TPSA) is 73.2 Å². The zero-order valence-corrected chi connectivity index (χ0v) is 17.6. The van der Waals surface area contributed by atoms with E-state index >= 15 is 0 Å². The van der Waals surface area contributed by atoms with Crippen LogP contribution in [0.25, 0.3) is 0 Å². The van der Waals surface area contributed by atoms with Gasteiger partial charge in [-0.3, -0.25) is 14.6 Å². The van der Waals surface area contributed by atoms with Crippen LogP contribution in [0.3, 0.4) is 0 Å². The number of pyridine rings is 2. The lowest BCUT2D eigenvalue weighted by Crippen LogP contribution is -2.40. The van der Waals surface area contributed by atoms with Crippen LogP contribution in [-0.2, 0) is 17.7 Å². The third-order valence-corrected chi connectivity index (χ3v) is 5.67. The largest absolute Gasteiger partial charge is 0.383 e. The molecule has 6 nitrogen and oxygen atoms in total. The summed E-state index contributed by atoms with van der Waals surface area (Å²) in [6, 6.07) is 5.33. The van der Waals surface area contributed by atoms with Crippen LogP contribution in [0.5, 0.6) is 0 Å². The van der Waals surface area contributed by atoms with E-state index in [9.17, 15) is 9.59 Å². The lowest BCUT2D eigenvalue weighted by atomic mass is 9.96. The maximum Gasteiger partial charge on any atom is 0.257 e. The van der Waals surface area contributed by atoms with Crippen LogP contribution in [0.1, 0.15) is 59.9 Å². The number of methoxy groups -OCH3 is 1. The van der Waals surface area contributed by atoms with Crippen LogP contribution in [0.15, 0.2) is 35.4 Å². The van der Waals surface area contributed by atoms with Crippen LogP contribution in [-0.4, -0.2) is 35.2 Å². The molecule has 2 heterocycles. The highest BCUT2D eigenvalue weighted by Gasteiger charge is 2.25. The summed E-state index contributed by atoms with van der Waals surface area (Å²) in [4.78, 5) is 30.2. The summed E-state index contributed by atoms with van der Waals surface area (Å²) in [7, 11) is 1.60. The lowest BCUT2D eigenvalue weighted by Gasteiger charge is -2.23. The van der Waals surface area contributed by atoms with E-state index in [4.69, 9.17) is 4.74 Å². The molecule has 1 aliphatic carbocycles. The highest BCUT2D eigenvalue weighted by molar-refractivity contribution is 5.95. The van der Waals surface area contributed by atoms with Crippen molar-refractivity contribution in [3.63, 3.8) is 0 Å². The van der Waals surface area contributed by atoms with Gasteiger partial charge in [0.25, 0.3) is 5.91 Å². The number of aryl methyl sites for hydroxylation is 1. The van der Waals surface area contributed by atoms with Gasteiger partial charge in [0.1, 0.15) is 5.56 Å². The fourth-order valence-corrected chi connectivity index (χ4v) is 4.25. The van der Waals surface area contributed by atoms with Crippen molar-refractivity contribution in [2.75, 3.05) is 13.7 Å². The Morgan fingerprint density at radius 2 is 2.14 bits per heavy atom. The van der Waals surface area contributed by atoms with E-state index in [1.54, 1.807) is 19.4 Å². The van der Waals surface area contributed by atoms with Gasteiger partial charge in [-0.05, 0) is 37.8 Å². The van der Waals surface area contributed by atoms with Crippen molar-refractivity contribution in [1.29, 1.82) is 0 Å². The van der Waals surface area contributed by atoms with Gasteiger partial charge in [0.2, 0.25) is 0 Å². The third-order valence-electron chi connectivity index (χ3n) is 5.67. The number of nitrogens with zero attached hydrogens (tertiary/aromatic N) is 2.